The van der Waals surface area contributed by atoms with Crippen molar-refractivity contribution in [2.75, 3.05) is 31.6 Å². The molecule has 0 unspecified atom stereocenters. The van der Waals surface area contributed by atoms with Crippen LogP contribution in [0.15, 0.2) is 47.4 Å². The van der Waals surface area contributed by atoms with E-state index in [1.54, 1.807) is 26.8 Å². The van der Waals surface area contributed by atoms with Crippen LogP contribution in [0.2, 0.25) is 0 Å². The Morgan fingerprint density at radius 1 is 1.13 bits per heavy atom. The number of nitrogens with one attached hydrogen (secondary N) is 1. The molecule has 0 aromatic heterocycles. The van der Waals surface area contributed by atoms with E-state index in [0.717, 1.165) is 0 Å². The Morgan fingerprint density at radius 2 is 1.77 bits per heavy atom. The summed E-state index contributed by atoms with van der Waals surface area (Å²) in [4.78, 5) is 12.9. The first kappa shape index (κ1) is 22.2. The molecule has 162 valence electrons. The number of hydrogen-bond donors (Lipinski definition) is 1. The molecular weight excluding hydrogens is 411 g/mol. The Balaban J connectivity index is 1.79. The number of ether oxygens (including phenoxy) is 2. The Hall–Kier alpha value is -2.49. The van der Waals surface area contributed by atoms with Crippen molar-refractivity contribution in [2.24, 2.45) is 0 Å². The molecule has 0 radical (unpaired) electrons. The predicted molar refractivity (Wildman–Crippen MR) is 110 cm³/mol. The highest BCUT2D eigenvalue weighted by molar-refractivity contribution is 7.89. The molecule has 1 heterocycles. The van der Waals surface area contributed by atoms with Gasteiger partial charge in [-0.25, -0.2) is 12.8 Å². The molecule has 2 aromatic rings. The fourth-order valence-corrected chi connectivity index (χ4v) is 4.38. The summed E-state index contributed by atoms with van der Waals surface area (Å²) >= 11 is 0. The maximum absolute atomic E-state index is 13.1. The number of morpholine rings is 1. The quantitative estimate of drug-likeness (QED) is 0.753. The molecule has 1 amide bonds. The minimum atomic E-state index is -3.69. The van der Waals surface area contributed by atoms with Crippen LogP contribution in [-0.2, 0) is 19.6 Å². The number of benzene rings is 2. The summed E-state index contributed by atoms with van der Waals surface area (Å²) in [6, 6.07) is 9.98. The first-order chi connectivity index (χ1) is 14.1. The molecule has 3 rings (SSSR count). The molecule has 0 spiro atoms. The summed E-state index contributed by atoms with van der Waals surface area (Å²) in [6.07, 6.45) is 0. The van der Waals surface area contributed by atoms with Gasteiger partial charge < -0.3 is 14.8 Å². The number of anilines is 1. The number of sulfonamides is 1. The number of halogens is 1. The van der Waals surface area contributed by atoms with Gasteiger partial charge >= 0.3 is 0 Å². The normalized spacial score (nSPS) is 15.6. The Morgan fingerprint density at radius 3 is 2.40 bits per heavy atom. The Kier molecular flexibility index (Phi) is 6.44. The SMILES string of the molecule is Cc1ccc(S(=O)(=O)N2CCOCC2)cc1NC(=O)C(C)(C)Oc1ccc(F)cc1. The Labute approximate surface area is 175 Å². The molecule has 30 heavy (non-hydrogen) atoms. The van der Waals surface area contributed by atoms with Gasteiger partial charge in [0.05, 0.1) is 18.1 Å². The predicted octanol–water partition coefficient (Wildman–Crippen LogP) is 2.95. The van der Waals surface area contributed by atoms with Gasteiger partial charge in [-0.05, 0) is 62.7 Å². The fraction of sp³-hybridized carbons (Fsp3) is 0.381. The fourth-order valence-electron chi connectivity index (χ4n) is 2.95. The summed E-state index contributed by atoms with van der Waals surface area (Å²) in [5.41, 5.74) is -0.185. The van der Waals surface area contributed by atoms with Crippen molar-refractivity contribution in [3.05, 3.63) is 53.8 Å². The van der Waals surface area contributed by atoms with Crippen molar-refractivity contribution in [1.29, 1.82) is 0 Å². The monoisotopic (exact) mass is 436 g/mol. The summed E-state index contributed by atoms with van der Waals surface area (Å²) in [7, 11) is -3.69. The molecule has 0 atom stereocenters. The van der Waals surface area contributed by atoms with Crippen LogP contribution in [0.5, 0.6) is 5.75 Å². The molecule has 0 bridgehead atoms. The van der Waals surface area contributed by atoms with Gasteiger partial charge in [-0.1, -0.05) is 6.07 Å². The maximum atomic E-state index is 13.1. The van der Waals surface area contributed by atoms with Crippen LogP contribution in [0.4, 0.5) is 10.1 Å². The minimum absolute atomic E-state index is 0.0996. The Bertz CT molecular complexity index is 1020. The molecule has 7 nitrogen and oxygen atoms in total. The van der Waals surface area contributed by atoms with Crippen LogP contribution in [0, 0.1) is 12.7 Å². The molecule has 1 fully saturated rings. The minimum Gasteiger partial charge on any atom is -0.478 e. The van der Waals surface area contributed by atoms with Gasteiger partial charge in [0, 0.05) is 18.8 Å². The van der Waals surface area contributed by atoms with E-state index in [2.05, 4.69) is 5.32 Å². The summed E-state index contributed by atoms with van der Waals surface area (Å²) < 4.78 is 51.2. The molecule has 2 aromatic carbocycles. The van der Waals surface area contributed by atoms with Gasteiger partial charge in [0.15, 0.2) is 5.60 Å². The van der Waals surface area contributed by atoms with Crippen LogP contribution in [0.1, 0.15) is 19.4 Å². The number of carbonyl (C=O) groups is 1. The molecule has 1 saturated heterocycles. The summed E-state index contributed by atoms with van der Waals surface area (Å²) in [5, 5.41) is 2.75. The highest BCUT2D eigenvalue weighted by atomic mass is 32.2. The second-order valence-corrected chi connectivity index (χ2v) is 9.45. The number of carbonyl (C=O) groups excluding carboxylic acids is 1. The molecule has 1 aliphatic heterocycles. The maximum Gasteiger partial charge on any atom is 0.267 e. The molecule has 0 aliphatic carbocycles. The molecular formula is C21H25FN2O5S. The molecule has 1 N–H and O–H groups in total. The third kappa shape index (κ3) is 4.97. The van der Waals surface area contributed by atoms with E-state index in [0.29, 0.717) is 30.2 Å². The number of amides is 1. The van der Waals surface area contributed by atoms with E-state index in [1.165, 1.54) is 40.7 Å². The number of rotatable bonds is 6. The average Bonchev–Trinajstić information content (AvgIpc) is 2.71. The zero-order valence-corrected chi connectivity index (χ0v) is 18.0. The van der Waals surface area contributed by atoms with Crippen LogP contribution >= 0.6 is 0 Å². The first-order valence-electron chi connectivity index (χ1n) is 9.54. The first-order valence-corrected chi connectivity index (χ1v) is 11.0. The van der Waals surface area contributed by atoms with E-state index in [1.807, 2.05) is 0 Å². The topological polar surface area (TPSA) is 84.9 Å². The zero-order chi connectivity index (χ0) is 21.9. The van der Waals surface area contributed by atoms with Gasteiger partial charge in [0.2, 0.25) is 10.0 Å². The van der Waals surface area contributed by atoms with Gasteiger partial charge in [-0.15, -0.1) is 0 Å². The van der Waals surface area contributed by atoms with Crippen LogP contribution in [0.25, 0.3) is 0 Å². The van der Waals surface area contributed by atoms with Crippen molar-refractivity contribution < 1.29 is 27.1 Å². The average molecular weight is 437 g/mol. The number of nitrogens with zero attached hydrogens (tertiary/aromatic N) is 1. The lowest BCUT2D eigenvalue weighted by Gasteiger charge is -2.27. The van der Waals surface area contributed by atoms with Crippen molar-refractivity contribution in [3.8, 4) is 5.75 Å². The second kappa shape index (κ2) is 8.71. The van der Waals surface area contributed by atoms with E-state index in [9.17, 15) is 17.6 Å². The van der Waals surface area contributed by atoms with Crippen LogP contribution in [-0.4, -0.2) is 50.5 Å². The molecule has 1 aliphatic rings. The van der Waals surface area contributed by atoms with Crippen molar-refractivity contribution in [3.63, 3.8) is 0 Å². The van der Waals surface area contributed by atoms with Crippen LogP contribution in [0.3, 0.4) is 0 Å². The zero-order valence-electron chi connectivity index (χ0n) is 17.1. The largest absolute Gasteiger partial charge is 0.478 e. The van der Waals surface area contributed by atoms with Gasteiger partial charge in [0.25, 0.3) is 5.91 Å². The van der Waals surface area contributed by atoms with Crippen molar-refractivity contribution in [1.82, 2.24) is 4.31 Å². The highest BCUT2D eigenvalue weighted by Gasteiger charge is 2.31. The van der Waals surface area contributed by atoms with Gasteiger partial charge in [0.1, 0.15) is 11.6 Å². The van der Waals surface area contributed by atoms with E-state index in [-0.39, 0.29) is 18.0 Å². The number of aryl methyl sites for hydroxylation is 1. The van der Waals surface area contributed by atoms with Gasteiger partial charge in [-0.3, -0.25) is 4.79 Å². The van der Waals surface area contributed by atoms with Gasteiger partial charge in [-0.2, -0.15) is 4.31 Å². The smallest absolute Gasteiger partial charge is 0.267 e. The lowest BCUT2D eigenvalue weighted by atomic mass is 10.1. The van der Waals surface area contributed by atoms with E-state index < -0.39 is 27.3 Å². The number of hydrogen-bond acceptors (Lipinski definition) is 5. The third-order valence-electron chi connectivity index (χ3n) is 4.80. The van der Waals surface area contributed by atoms with E-state index in [4.69, 9.17) is 9.47 Å². The second-order valence-electron chi connectivity index (χ2n) is 7.51. The summed E-state index contributed by atoms with van der Waals surface area (Å²) in [6.45, 7) is 6.21. The van der Waals surface area contributed by atoms with Crippen molar-refractivity contribution >= 4 is 21.6 Å². The lowest BCUT2D eigenvalue weighted by molar-refractivity contribution is -0.128. The van der Waals surface area contributed by atoms with E-state index >= 15 is 0 Å². The lowest BCUT2D eigenvalue weighted by Crippen LogP contribution is -2.43. The standard InChI is InChI=1S/C21H25FN2O5S/c1-15-4-9-18(30(26,27)24-10-12-28-13-11-24)14-19(15)23-20(25)21(2,3)29-17-7-5-16(22)6-8-17/h4-9,14H,10-13H2,1-3H3,(H,23,25). The molecule has 9 heteroatoms. The molecule has 0 saturated carbocycles. The van der Waals surface area contributed by atoms with Crippen molar-refractivity contribution in [2.45, 2.75) is 31.3 Å². The third-order valence-corrected chi connectivity index (χ3v) is 6.69. The summed E-state index contributed by atoms with van der Waals surface area (Å²) in [5.74, 6) is -0.522. The van der Waals surface area contributed by atoms with Crippen LogP contribution < -0.4 is 10.1 Å². The highest BCUT2D eigenvalue weighted by Crippen LogP contribution is 2.26.